The molecule has 0 saturated heterocycles. The number of hydrogen-bond acceptors (Lipinski definition) is 1. The van der Waals surface area contributed by atoms with E-state index in [4.69, 9.17) is 11.6 Å². The molecule has 0 spiro atoms. The van der Waals surface area contributed by atoms with Crippen molar-refractivity contribution in [3.8, 4) is 0 Å². The summed E-state index contributed by atoms with van der Waals surface area (Å²) in [5.41, 5.74) is 2.59. The standard InChI is InChI=1S/C10H8ClIS/c1-6-5-13-10-8(12)3-2-7(4-11)9(6)10/h2-3,5H,4H2,1H3. The van der Waals surface area contributed by atoms with Crippen LogP contribution in [-0.2, 0) is 5.88 Å². The van der Waals surface area contributed by atoms with Crippen molar-refractivity contribution >= 4 is 55.6 Å². The van der Waals surface area contributed by atoms with Crippen molar-refractivity contribution in [3.05, 3.63) is 32.2 Å². The molecular formula is C10H8ClIS. The molecule has 1 aromatic heterocycles. The van der Waals surface area contributed by atoms with Crippen LogP contribution in [0.1, 0.15) is 11.1 Å². The van der Waals surface area contributed by atoms with Crippen LogP contribution in [0.2, 0.25) is 0 Å². The third kappa shape index (κ3) is 1.60. The first-order valence-corrected chi connectivity index (χ1v) is 6.44. The average Bonchev–Trinajstić information content (AvgIpc) is 2.51. The molecule has 0 radical (unpaired) electrons. The molecule has 2 aromatic rings. The minimum absolute atomic E-state index is 0.602. The highest BCUT2D eigenvalue weighted by molar-refractivity contribution is 14.1. The van der Waals surface area contributed by atoms with Crippen LogP contribution in [-0.4, -0.2) is 0 Å². The zero-order valence-corrected chi connectivity index (χ0v) is 10.8. The van der Waals surface area contributed by atoms with Gasteiger partial charge in [-0.05, 0) is 52.1 Å². The van der Waals surface area contributed by atoms with E-state index in [1.54, 1.807) is 11.3 Å². The molecule has 0 aliphatic carbocycles. The summed E-state index contributed by atoms with van der Waals surface area (Å²) >= 11 is 10.1. The molecule has 0 saturated carbocycles. The Morgan fingerprint density at radius 1 is 1.46 bits per heavy atom. The maximum atomic E-state index is 5.89. The summed E-state index contributed by atoms with van der Waals surface area (Å²) < 4.78 is 2.69. The molecule has 1 heterocycles. The van der Waals surface area contributed by atoms with Crippen molar-refractivity contribution in [1.82, 2.24) is 0 Å². The van der Waals surface area contributed by atoms with E-state index in [0.29, 0.717) is 5.88 Å². The molecule has 0 unspecified atom stereocenters. The van der Waals surface area contributed by atoms with Gasteiger partial charge in [-0.1, -0.05) is 6.07 Å². The van der Waals surface area contributed by atoms with E-state index in [1.807, 2.05) is 0 Å². The van der Waals surface area contributed by atoms with Gasteiger partial charge in [0.1, 0.15) is 0 Å². The molecule has 0 N–H and O–H groups in total. The van der Waals surface area contributed by atoms with Crippen molar-refractivity contribution in [1.29, 1.82) is 0 Å². The van der Waals surface area contributed by atoms with E-state index in [-0.39, 0.29) is 0 Å². The first-order chi connectivity index (χ1) is 6.24. The predicted molar refractivity (Wildman–Crippen MR) is 68.8 cm³/mol. The lowest BCUT2D eigenvalue weighted by Gasteiger charge is -2.01. The zero-order valence-electron chi connectivity index (χ0n) is 7.10. The Kier molecular flexibility index (Phi) is 2.81. The second kappa shape index (κ2) is 3.75. The van der Waals surface area contributed by atoms with Crippen molar-refractivity contribution in [3.63, 3.8) is 0 Å². The summed E-state index contributed by atoms with van der Waals surface area (Å²) in [6.07, 6.45) is 0. The lowest BCUT2D eigenvalue weighted by atomic mass is 10.1. The van der Waals surface area contributed by atoms with Gasteiger partial charge < -0.3 is 0 Å². The first kappa shape index (κ1) is 9.74. The SMILES string of the molecule is Cc1csc2c(I)ccc(CCl)c12. The molecule has 0 aliphatic heterocycles. The fourth-order valence-corrected chi connectivity index (χ4v) is 3.52. The monoisotopic (exact) mass is 322 g/mol. The van der Waals surface area contributed by atoms with E-state index in [9.17, 15) is 0 Å². The highest BCUT2D eigenvalue weighted by atomic mass is 127. The summed E-state index contributed by atoms with van der Waals surface area (Å²) in [7, 11) is 0. The molecule has 1 aromatic carbocycles. The molecule has 68 valence electrons. The molecule has 0 aliphatic rings. The summed E-state index contributed by atoms with van der Waals surface area (Å²) in [5.74, 6) is 0.602. The number of thiophene rings is 1. The largest absolute Gasteiger partial charge is 0.142 e. The smallest absolute Gasteiger partial charge is 0.0482 e. The quantitative estimate of drug-likeness (QED) is 0.533. The topological polar surface area (TPSA) is 0 Å². The molecule has 0 amide bonds. The van der Waals surface area contributed by atoms with Crippen LogP contribution in [0.5, 0.6) is 0 Å². The van der Waals surface area contributed by atoms with Gasteiger partial charge in [-0.25, -0.2) is 0 Å². The second-order valence-electron chi connectivity index (χ2n) is 2.96. The van der Waals surface area contributed by atoms with Crippen molar-refractivity contribution in [2.75, 3.05) is 0 Å². The Balaban J connectivity index is 2.88. The van der Waals surface area contributed by atoms with Crippen molar-refractivity contribution in [2.45, 2.75) is 12.8 Å². The van der Waals surface area contributed by atoms with Crippen LogP contribution in [0.15, 0.2) is 17.5 Å². The molecule has 0 fully saturated rings. The first-order valence-electron chi connectivity index (χ1n) is 3.95. The zero-order chi connectivity index (χ0) is 9.42. The van der Waals surface area contributed by atoms with E-state index in [0.717, 1.165) is 0 Å². The van der Waals surface area contributed by atoms with E-state index in [1.165, 1.54) is 24.8 Å². The fourth-order valence-electron chi connectivity index (χ4n) is 1.46. The van der Waals surface area contributed by atoms with Crippen molar-refractivity contribution < 1.29 is 0 Å². The van der Waals surface area contributed by atoms with Gasteiger partial charge >= 0.3 is 0 Å². The van der Waals surface area contributed by atoms with Gasteiger partial charge in [0.2, 0.25) is 0 Å². The van der Waals surface area contributed by atoms with Gasteiger partial charge in [0.05, 0.1) is 0 Å². The third-order valence-electron chi connectivity index (χ3n) is 2.09. The summed E-state index contributed by atoms with van der Waals surface area (Å²) in [4.78, 5) is 0. The summed E-state index contributed by atoms with van der Waals surface area (Å²) in [6, 6.07) is 4.26. The van der Waals surface area contributed by atoms with Crippen LogP contribution in [0, 0.1) is 10.5 Å². The van der Waals surface area contributed by atoms with Crippen LogP contribution in [0.4, 0.5) is 0 Å². The molecule has 3 heteroatoms. The molecule has 0 nitrogen and oxygen atoms in total. The van der Waals surface area contributed by atoms with Gasteiger partial charge in [0.15, 0.2) is 0 Å². The normalized spacial score (nSPS) is 11.0. The van der Waals surface area contributed by atoms with E-state index >= 15 is 0 Å². The van der Waals surface area contributed by atoms with Gasteiger partial charge in [0.25, 0.3) is 0 Å². The Morgan fingerprint density at radius 2 is 2.23 bits per heavy atom. The lowest BCUT2D eigenvalue weighted by molar-refractivity contribution is 1.43. The molecular weight excluding hydrogens is 315 g/mol. The van der Waals surface area contributed by atoms with E-state index < -0.39 is 0 Å². The highest BCUT2D eigenvalue weighted by Gasteiger charge is 2.07. The highest BCUT2D eigenvalue weighted by Crippen LogP contribution is 2.32. The van der Waals surface area contributed by atoms with Crippen LogP contribution in [0.25, 0.3) is 10.1 Å². The van der Waals surface area contributed by atoms with Crippen molar-refractivity contribution in [2.24, 2.45) is 0 Å². The molecule has 0 bridgehead atoms. The van der Waals surface area contributed by atoms with Gasteiger partial charge in [-0.15, -0.1) is 22.9 Å². The minimum atomic E-state index is 0.602. The van der Waals surface area contributed by atoms with Gasteiger partial charge in [-0.3, -0.25) is 0 Å². The Labute approximate surface area is 100 Å². The number of aryl methyl sites for hydroxylation is 1. The summed E-state index contributed by atoms with van der Waals surface area (Å²) in [6.45, 7) is 2.14. The van der Waals surface area contributed by atoms with Gasteiger partial charge in [-0.2, -0.15) is 0 Å². The predicted octanol–water partition coefficient (Wildman–Crippen LogP) is 4.55. The fraction of sp³-hybridized carbons (Fsp3) is 0.200. The number of fused-ring (bicyclic) bond motifs is 1. The van der Waals surface area contributed by atoms with E-state index in [2.05, 4.69) is 47.0 Å². The van der Waals surface area contributed by atoms with Crippen LogP contribution in [0.3, 0.4) is 0 Å². The maximum Gasteiger partial charge on any atom is 0.0482 e. The molecule has 0 atom stereocenters. The second-order valence-corrected chi connectivity index (χ2v) is 5.27. The Bertz CT molecular complexity index is 447. The number of halogens is 2. The van der Waals surface area contributed by atoms with Crippen LogP contribution >= 0.6 is 45.5 Å². The summed E-state index contributed by atoms with van der Waals surface area (Å²) in [5, 5.41) is 3.55. The maximum absolute atomic E-state index is 5.89. The number of alkyl halides is 1. The van der Waals surface area contributed by atoms with Crippen LogP contribution < -0.4 is 0 Å². The average molecular weight is 323 g/mol. The Hall–Kier alpha value is 0.200. The minimum Gasteiger partial charge on any atom is -0.142 e. The molecule has 13 heavy (non-hydrogen) atoms. The third-order valence-corrected chi connectivity index (χ3v) is 4.77. The van der Waals surface area contributed by atoms with Gasteiger partial charge in [0, 0.05) is 19.5 Å². The lowest BCUT2D eigenvalue weighted by Crippen LogP contribution is -1.82. The number of rotatable bonds is 1. The molecule has 2 rings (SSSR count). The number of hydrogen-bond donors (Lipinski definition) is 0. The number of benzene rings is 1. The Morgan fingerprint density at radius 3 is 2.92 bits per heavy atom.